The van der Waals surface area contributed by atoms with E-state index in [4.69, 9.17) is 0 Å². The fourth-order valence-corrected chi connectivity index (χ4v) is 4.37. The van der Waals surface area contributed by atoms with E-state index < -0.39 is 11.7 Å². The van der Waals surface area contributed by atoms with Gasteiger partial charge in [-0.3, -0.25) is 4.79 Å². The quantitative estimate of drug-likeness (QED) is 0.650. The van der Waals surface area contributed by atoms with Crippen LogP contribution in [-0.4, -0.2) is 33.7 Å². The molecule has 1 aromatic carbocycles. The van der Waals surface area contributed by atoms with Gasteiger partial charge >= 0.3 is 6.18 Å². The van der Waals surface area contributed by atoms with Gasteiger partial charge in [-0.25, -0.2) is 4.68 Å². The van der Waals surface area contributed by atoms with Gasteiger partial charge in [-0.15, -0.1) is 11.3 Å². The van der Waals surface area contributed by atoms with Gasteiger partial charge in [0.05, 0.1) is 21.8 Å². The Kier molecular flexibility index (Phi) is 4.02. The van der Waals surface area contributed by atoms with Crippen molar-refractivity contribution in [3.8, 4) is 5.69 Å². The number of fused-ring (bicyclic) bond motifs is 1. The van der Waals surface area contributed by atoms with Crippen molar-refractivity contribution in [1.29, 1.82) is 0 Å². The van der Waals surface area contributed by atoms with Gasteiger partial charge in [0.15, 0.2) is 0 Å². The van der Waals surface area contributed by atoms with E-state index in [1.165, 1.54) is 22.1 Å². The van der Waals surface area contributed by atoms with Crippen LogP contribution in [0.2, 0.25) is 0 Å². The number of likely N-dealkylation sites (tertiary alicyclic amines) is 1. The third-order valence-corrected chi connectivity index (χ3v) is 5.67. The van der Waals surface area contributed by atoms with Crippen LogP contribution in [0.3, 0.4) is 0 Å². The number of carbonyl (C=O) groups excluding carboxylic acids is 1. The summed E-state index contributed by atoms with van der Waals surface area (Å²) in [6.07, 6.45) is -2.40. The molecule has 0 saturated carbocycles. The second kappa shape index (κ2) is 6.12. The average molecular weight is 379 g/mol. The van der Waals surface area contributed by atoms with Crippen molar-refractivity contribution in [2.45, 2.75) is 25.9 Å². The largest absolute Gasteiger partial charge is 0.416 e. The van der Waals surface area contributed by atoms with Crippen LogP contribution < -0.4 is 0 Å². The van der Waals surface area contributed by atoms with Crippen molar-refractivity contribution in [3.05, 3.63) is 46.5 Å². The molecule has 0 N–H and O–H groups in total. The van der Waals surface area contributed by atoms with Crippen LogP contribution in [0, 0.1) is 6.92 Å². The molecule has 0 atom stereocenters. The summed E-state index contributed by atoms with van der Waals surface area (Å²) in [5.41, 5.74) is 0.301. The van der Waals surface area contributed by atoms with E-state index in [2.05, 4.69) is 5.10 Å². The molecule has 0 radical (unpaired) electrons. The molecule has 1 aliphatic rings. The Labute approximate surface area is 151 Å². The maximum absolute atomic E-state index is 13.0. The van der Waals surface area contributed by atoms with Crippen molar-refractivity contribution in [1.82, 2.24) is 14.7 Å². The molecule has 0 spiro atoms. The van der Waals surface area contributed by atoms with Crippen molar-refractivity contribution in [2.24, 2.45) is 0 Å². The number of alkyl halides is 3. The number of hydrogen-bond donors (Lipinski definition) is 0. The molecule has 1 saturated heterocycles. The van der Waals surface area contributed by atoms with Crippen molar-refractivity contribution >= 4 is 27.5 Å². The topological polar surface area (TPSA) is 38.1 Å². The Hall–Kier alpha value is -2.35. The summed E-state index contributed by atoms with van der Waals surface area (Å²) in [6, 6.07) is 6.86. The number of thiophene rings is 1. The molecule has 1 aliphatic heterocycles. The van der Waals surface area contributed by atoms with Crippen molar-refractivity contribution in [2.75, 3.05) is 13.1 Å². The molecule has 0 aliphatic carbocycles. The van der Waals surface area contributed by atoms with Crippen LogP contribution in [0.5, 0.6) is 0 Å². The van der Waals surface area contributed by atoms with E-state index in [1.54, 1.807) is 19.1 Å². The first kappa shape index (κ1) is 17.1. The maximum atomic E-state index is 13.0. The molecule has 8 heteroatoms. The lowest BCUT2D eigenvalue weighted by Gasteiger charge is -2.13. The summed E-state index contributed by atoms with van der Waals surface area (Å²) in [4.78, 5) is 15.7. The number of halogens is 3. The number of benzene rings is 1. The van der Waals surface area contributed by atoms with E-state index in [9.17, 15) is 18.0 Å². The fourth-order valence-electron chi connectivity index (χ4n) is 3.22. The molecule has 1 fully saturated rings. The van der Waals surface area contributed by atoms with Gasteiger partial charge in [0.25, 0.3) is 5.91 Å². The number of aryl methyl sites for hydroxylation is 1. The molecular formula is C18H16F3N3OS. The normalized spacial score (nSPS) is 15.2. The molecule has 26 heavy (non-hydrogen) atoms. The average Bonchev–Trinajstić information content (AvgIpc) is 3.32. The second-order valence-electron chi connectivity index (χ2n) is 6.37. The molecule has 4 rings (SSSR count). The Bertz CT molecular complexity index is 983. The highest BCUT2D eigenvalue weighted by Gasteiger charge is 2.31. The lowest BCUT2D eigenvalue weighted by atomic mass is 10.2. The minimum Gasteiger partial charge on any atom is -0.338 e. The highest BCUT2D eigenvalue weighted by Crippen LogP contribution is 2.34. The number of hydrogen-bond acceptors (Lipinski definition) is 3. The molecule has 1 amide bonds. The maximum Gasteiger partial charge on any atom is 0.416 e. The van der Waals surface area contributed by atoms with Crippen molar-refractivity contribution < 1.29 is 18.0 Å². The molecule has 0 unspecified atom stereocenters. The SMILES string of the molecule is Cc1nn(-c2cccc(C(F)(F)F)c2)c2sc(C(=O)N3CCCC3)cc12. The zero-order valence-electron chi connectivity index (χ0n) is 14.0. The first-order valence-electron chi connectivity index (χ1n) is 8.30. The van der Waals surface area contributed by atoms with Crippen LogP contribution in [0.15, 0.2) is 30.3 Å². The van der Waals surface area contributed by atoms with Gasteiger partial charge in [0, 0.05) is 18.5 Å². The van der Waals surface area contributed by atoms with E-state index in [1.807, 2.05) is 4.90 Å². The van der Waals surface area contributed by atoms with Gasteiger partial charge in [-0.2, -0.15) is 18.3 Å². The number of carbonyl (C=O) groups is 1. The predicted molar refractivity (Wildman–Crippen MR) is 93.8 cm³/mol. The van der Waals surface area contributed by atoms with Crippen LogP contribution >= 0.6 is 11.3 Å². The number of amides is 1. The van der Waals surface area contributed by atoms with Crippen LogP contribution in [0.1, 0.15) is 33.8 Å². The molecule has 0 bridgehead atoms. The van der Waals surface area contributed by atoms with E-state index in [0.717, 1.165) is 43.5 Å². The van der Waals surface area contributed by atoms with Gasteiger partial charge in [-0.1, -0.05) is 6.07 Å². The van der Waals surface area contributed by atoms with Gasteiger partial charge in [0.2, 0.25) is 0 Å². The minimum atomic E-state index is -4.41. The summed E-state index contributed by atoms with van der Waals surface area (Å²) in [5.74, 6) is -0.0151. The van der Waals surface area contributed by atoms with Gasteiger partial charge < -0.3 is 4.90 Å². The summed E-state index contributed by atoms with van der Waals surface area (Å²) in [7, 11) is 0. The van der Waals surface area contributed by atoms with Crippen LogP contribution in [0.25, 0.3) is 15.9 Å². The predicted octanol–water partition coefficient (Wildman–Crippen LogP) is 4.65. The molecular weight excluding hydrogens is 363 g/mol. The first-order valence-corrected chi connectivity index (χ1v) is 9.12. The number of aromatic nitrogens is 2. The van der Waals surface area contributed by atoms with Gasteiger partial charge in [-0.05, 0) is 44.0 Å². The van der Waals surface area contributed by atoms with Crippen LogP contribution in [-0.2, 0) is 6.18 Å². The zero-order valence-corrected chi connectivity index (χ0v) is 14.8. The Morgan fingerprint density at radius 2 is 1.92 bits per heavy atom. The van der Waals surface area contributed by atoms with Gasteiger partial charge in [0.1, 0.15) is 4.83 Å². The fraction of sp³-hybridized carbons (Fsp3) is 0.333. The second-order valence-corrected chi connectivity index (χ2v) is 7.40. The summed E-state index contributed by atoms with van der Waals surface area (Å²) in [5, 5.41) is 5.18. The zero-order chi connectivity index (χ0) is 18.5. The Morgan fingerprint density at radius 1 is 1.19 bits per heavy atom. The van der Waals surface area contributed by atoms with Crippen molar-refractivity contribution in [3.63, 3.8) is 0 Å². The molecule has 4 nitrogen and oxygen atoms in total. The molecule has 136 valence electrons. The van der Waals surface area contributed by atoms with E-state index >= 15 is 0 Å². The van der Waals surface area contributed by atoms with E-state index in [0.29, 0.717) is 21.1 Å². The standard InChI is InChI=1S/C18H16F3N3OS/c1-11-14-10-15(16(25)23-7-2-3-8-23)26-17(14)24(22-11)13-6-4-5-12(9-13)18(19,20)21/h4-6,9-10H,2-3,7-8H2,1H3. The third kappa shape index (κ3) is 2.88. The highest BCUT2D eigenvalue weighted by molar-refractivity contribution is 7.20. The third-order valence-electron chi connectivity index (χ3n) is 4.57. The van der Waals surface area contributed by atoms with Crippen LogP contribution in [0.4, 0.5) is 13.2 Å². The lowest BCUT2D eigenvalue weighted by molar-refractivity contribution is -0.137. The lowest BCUT2D eigenvalue weighted by Crippen LogP contribution is -2.26. The molecule has 2 aromatic heterocycles. The molecule has 3 heterocycles. The molecule has 3 aromatic rings. The smallest absolute Gasteiger partial charge is 0.338 e. The first-order chi connectivity index (χ1) is 12.3. The highest BCUT2D eigenvalue weighted by atomic mass is 32.1. The monoisotopic (exact) mass is 379 g/mol. The number of nitrogens with zero attached hydrogens (tertiary/aromatic N) is 3. The van der Waals surface area contributed by atoms with E-state index in [-0.39, 0.29) is 5.91 Å². The Morgan fingerprint density at radius 3 is 2.62 bits per heavy atom. The summed E-state index contributed by atoms with van der Waals surface area (Å²) >= 11 is 1.28. The number of rotatable bonds is 2. The minimum absolute atomic E-state index is 0.0151. The summed E-state index contributed by atoms with van der Waals surface area (Å²) < 4.78 is 40.5. The Balaban J connectivity index is 1.78. The summed E-state index contributed by atoms with van der Waals surface area (Å²) in [6.45, 7) is 3.31.